The molecule has 0 unspecified atom stereocenters. The molecule has 0 saturated heterocycles. The highest BCUT2D eigenvalue weighted by atomic mass is 35.5. The SMILES string of the molecule is Cc1ccc(S(=O)(=O)O)cc1.Cn1ncc(-c2ccc3c(=O)[nH]nc(CN)c3c2)c1-c1c(F)c(Cl)cc(OC2CC2)c1C#N. The van der Waals surface area contributed by atoms with Gasteiger partial charge < -0.3 is 10.5 Å². The number of aromatic nitrogens is 4. The van der Waals surface area contributed by atoms with Crippen LogP contribution in [-0.2, 0) is 23.7 Å². The Balaban J connectivity index is 0.000000296. The Kier molecular flexibility index (Phi) is 8.53. The number of aromatic amines is 1. The van der Waals surface area contributed by atoms with E-state index in [1.807, 2.05) is 6.92 Å². The maximum absolute atomic E-state index is 15.4. The molecule has 1 fully saturated rings. The Morgan fingerprint density at radius 3 is 2.52 bits per heavy atom. The predicted molar refractivity (Wildman–Crippen MR) is 162 cm³/mol. The number of aryl methyl sites for hydroxylation is 2. The van der Waals surface area contributed by atoms with Crippen molar-refractivity contribution in [2.45, 2.75) is 37.3 Å². The summed E-state index contributed by atoms with van der Waals surface area (Å²) in [6.07, 6.45) is 3.32. The number of benzene rings is 3. The first kappa shape index (κ1) is 30.8. The van der Waals surface area contributed by atoms with Crippen LogP contribution in [0.4, 0.5) is 4.39 Å². The average molecular weight is 637 g/mol. The number of nitrogens with zero attached hydrogens (tertiary/aromatic N) is 4. The molecule has 3 aromatic carbocycles. The highest BCUT2D eigenvalue weighted by Gasteiger charge is 2.29. The second-order valence-corrected chi connectivity index (χ2v) is 12.0. The highest BCUT2D eigenvalue weighted by molar-refractivity contribution is 7.85. The molecule has 1 saturated carbocycles. The molecule has 2 heterocycles. The molecule has 0 atom stereocenters. The van der Waals surface area contributed by atoms with Crippen molar-refractivity contribution >= 4 is 32.5 Å². The Labute approximate surface area is 256 Å². The number of halogens is 2. The fourth-order valence-corrected chi connectivity index (χ4v) is 5.27. The summed E-state index contributed by atoms with van der Waals surface area (Å²) in [5.74, 6) is -0.490. The van der Waals surface area contributed by atoms with E-state index in [9.17, 15) is 18.5 Å². The lowest BCUT2D eigenvalue weighted by Crippen LogP contribution is -2.13. The molecule has 226 valence electrons. The highest BCUT2D eigenvalue weighted by Crippen LogP contribution is 2.43. The zero-order valence-corrected chi connectivity index (χ0v) is 25.1. The predicted octanol–water partition coefficient (Wildman–Crippen LogP) is 4.90. The Bertz CT molecular complexity index is 2100. The summed E-state index contributed by atoms with van der Waals surface area (Å²) in [5.41, 5.74) is 8.57. The van der Waals surface area contributed by atoms with Gasteiger partial charge in [0.1, 0.15) is 17.4 Å². The quantitative estimate of drug-likeness (QED) is 0.219. The van der Waals surface area contributed by atoms with Crippen LogP contribution in [0, 0.1) is 24.1 Å². The zero-order chi connectivity index (χ0) is 31.8. The molecular formula is C30H26ClFN6O5S. The summed E-state index contributed by atoms with van der Waals surface area (Å²) in [5, 5.41) is 21.5. The zero-order valence-electron chi connectivity index (χ0n) is 23.5. The summed E-state index contributed by atoms with van der Waals surface area (Å²) in [6.45, 7) is 1.97. The summed E-state index contributed by atoms with van der Waals surface area (Å²) in [4.78, 5) is 12.1. The Morgan fingerprint density at radius 2 is 1.91 bits per heavy atom. The van der Waals surface area contributed by atoms with Crippen LogP contribution in [0.1, 0.15) is 29.7 Å². The number of nitriles is 1. The van der Waals surface area contributed by atoms with Crippen LogP contribution >= 0.6 is 11.6 Å². The van der Waals surface area contributed by atoms with Gasteiger partial charge in [0, 0.05) is 30.6 Å². The third-order valence-corrected chi connectivity index (χ3v) is 8.12. The van der Waals surface area contributed by atoms with Crippen LogP contribution < -0.4 is 16.0 Å². The minimum Gasteiger partial charge on any atom is -0.489 e. The fraction of sp³-hybridized carbons (Fsp3) is 0.200. The lowest BCUT2D eigenvalue weighted by Gasteiger charge is -2.15. The molecule has 6 rings (SSSR count). The van der Waals surface area contributed by atoms with Crippen molar-refractivity contribution in [2.75, 3.05) is 0 Å². The number of nitrogens with one attached hydrogen (secondary N) is 1. The number of nitrogens with two attached hydrogens (primary N) is 1. The minimum absolute atomic E-state index is 0.00162. The van der Waals surface area contributed by atoms with Crippen molar-refractivity contribution < 1.29 is 22.1 Å². The molecule has 1 aliphatic rings. The van der Waals surface area contributed by atoms with Gasteiger partial charge in [-0.1, -0.05) is 35.4 Å². The van der Waals surface area contributed by atoms with E-state index in [4.69, 9.17) is 26.6 Å². The van der Waals surface area contributed by atoms with Gasteiger partial charge in [0.05, 0.1) is 44.6 Å². The van der Waals surface area contributed by atoms with Crippen LogP contribution in [0.15, 0.2) is 64.4 Å². The molecule has 14 heteroatoms. The van der Waals surface area contributed by atoms with Crippen LogP contribution in [0.2, 0.25) is 5.02 Å². The van der Waals surface area contributed by atoms with E-state index >= 15 is 4.39 Å². The van der Waals surface area contributed by atoms with E-state index in [-0.39, 0.29) is 45.0 Å². The average Bonchev–Trinajstić information content (AvgIpc) is 3.73. The van der Waals surface area contributed by atoms with Crippen LogP contribution in [0.3, 0.4) is 0 Å². The second kappa shape index (κ2) is 12.2. The lowest BCUT2D eigenvalue weighted by atomic mass is 9.95. The van der Waals surface area contributed by atoms with Crippen LogP contribution in [-0.4, -0.2) is 39.1 Å². The van der Waals surface area contributed by atoms with E-state index in [1.54, 1.807) is 43.6 Å². The summed E-state index contributed by atoms with van der Waals surface area (Å²) in [6, 6.07) is 14.6. The molecule has 1 aliphatic carbocycles. The van der Waals surface area contributed by atoms with Gasteiger partial charge in [-0.25, -0.2) is 9.49 Å². The maximum atomic E-state index is 15.4. The molecule has 0 bridgehead atoms. The summed E-state index contributed by atoms with van der Waals surface area (Å²) in [7, 11) is -2.37. The van der Waals surface area contributed by atoms with Crippen molar-refractivity contribution in [1.29, 1.82) is 5.26 Å². The molecule has 4 N–H and O–H groups in total. The molecule has 0 radical (unpaired) electrons. The van der Waals surface area contributed by atoms with E-state index in [2.05, 4.69) is 21.4 Å². The van der Waals surface area contributed by atoms with Crippen molar-refractivity contribution in [3.05, 3.63) is 92.7 Å². The number of hydrogen-bond donors (Lipinski definition) is 3. The molecular weight excluding hydrogens is 611 g/mol. The summed E-state index contributed by atoms with van der Waals surface area (Å²) < 4.78 is 52.3. The second-order valence-electron chi connectivity index (χ2n) is 10.1. The van der Waals surface area contributed by atoms with E-state index < -0.39 is 15.9 Å². The molecule has 0 amide bonds. The number of fused-ring (bicyclic) bond motifs is 1. The third kappa shape index (κ3) is 6.20. The summed E-state index contributed by atoms with van der Waals surface area (Å²) >= 11 is 6.20. The van der Waals surface area contributed by atoms with Gasteiger partial charge in [-0.2, -0.15) is 23.9 Å². The number of rotatable bonds is 6. The maximum Gasteiger partial charge on any atom is 0.294 e. The fourth-order valence-electron chi connectivity index (χ4n) is 4.59. The number of H-pyrrole nitrogens is 1. The van der Waals surface area contributed by atoms with Gasteiger partial charge in [-0.05, 0) is 49.6 Å². The molecule has 0 spiro atoms. The standard InChI is InChI=1S/C23H18ClFN6O2.C7H8O3S/c1-31-22(20-15(8-26)19(33-12-3-4-12)7-17(24)21(20)25)16(10-28-31)11-2-5-13-14(6-11)18(9-27)29-30-23(13)32;1-6-2-4-7(5-3-6)11(8,9)10/h2,5-7,10,12H,3-4,9,27H2,1H3,(H,30,32);2-5H,1H3,(H,8,9,10). The molecule has 5 aromatic rings. The van der Waals surface area contributed by atoms with Crippen molar-refractivity contribution in [3.8, 4) is 34.2 Å². The van der Waals surface area contributed by atoms with Gasteiger partial charge in [-0.15, -0.1) is 0 Å². The first-order valence-electron chi connectivity index (χ1n) is 13.3. The van der Waals surface area contributed by atoms with E-state index in [0.29, 0.717) is 33.3 Å². The van der Waals surface area contributed by atoms with Gasteiger partial charge in [0.2, 0.25) is 0 Å². The van der Waals surface area contributed by atoms with Crippen LogP contribution in [0.5, 0.6) is 5.75 Å². The Hall–Kier alpha value is -4.61. The van der Waals surface area contributed by atoms with Crippen molar-refractivity contribution in [2.24, 2.45) is 12.8 Å². The number of ether oxygens (including phenoxy) is 1. The molecule has 44 heavy (non-hydrogen) atoms. The van der Waals surface area contributed by atoms with Crippen LogP contribution in [0.25, 0.3) is 33.2 Å². The van der Waals surface area contributed by atoms with Gasteiger partial charge in [-0.3, -0.25) is 14.0 Å². The van der Waals surface area contributed by atoms with Crippen molar-refractivity contribution in [3.63, 3.8) is 0 Å². The van der Waals surface area contributed by atoms with E-state index in [1.165, 1.54) is 22.9 Å². The monoisotopic (exact) mass is 636 g/mol. The van der Waals surface area contributed by atoms with Gasteiger partial charge >= 0.3 is 0 Å². The number of hydrogen-bond acceptors (Lipinski definition) is 8. The van der Waals surface area contributed by atoms with Gasteiger partial charge in [0.15, 0.2) is 5.82 Å². The smallest absolute Gasteiger partial charge is 0.294 e. The topological polar surface area (TPSA) is 177 Å². The van der Waals surface area contributed by atoms with E-state index in [0.717, 1.165) is 18.4 Å². The van der Waals surface area contributed by atoms with Gasteiger partial charge in [0.25, 0.3) is 15.7 Å². The lowest BCUT2D eigenvalue weighted by molar-refractivity contribution is 0.302. The molecule has 2 aromatic heterocycles. The Morgan fingerprint density at radius 1 is 1.20 bits per heavy atom. The van der Waals surface area contributed by atoms with Crippen molar-refractivity contribution in [1.82, 2.24) is 20.0 Å². The largest absolute Gasteiger partial charge is 0.489 e. The normalized spacial score (nSPS) is 12.8. The first-order valence-corrected chi connectivity index (χ1v) is 15.1. The molecule has 11 nitrogen and oxygen atoms in total. The third-order valence-electron chi connectivity index (χ3n) is 6.98. The minimum atomic E-state index is -4.02. The molecule has 0 aliphatic heterocycles. The first-order chi connectivity index (χ1) is 20.9.